The molecule has 3 nitrogen and oxygen atoms in total. The Morgan fingerprint density at radius 1 is 1.33 bits per heavy atom. The number of carbonyl (C=O) groups excluding carboxylic acids is 1. The molecule has 4 heteroatoms. The summed E-state index contributed by atoms with van der Waals surface area (Å²) in [5, 5.41) is 1.02. The molecule has 0 saturated carbocycles. The predicted molar refractivity (Wildman–Crippen MR) is 89.6 cm³/mol. The summed E-state index contributed by atoms with van der Waals surface area (Å²) < 4.78 is 3.15. The van der Waals surface area contributed by atoms with Crippen LogP contribution in [0.5, 0.6) is 0 Å². The van der Waals surface area contributed by atoms with Crippen molar-refractivity contribution in [2.45, 2.75) is 26.3 Å². The number of para-hydroxylation sites is 1. The van der Waals surface area contributed by atoms with Crippen LogP contribution in [0.25, 0.3) is 10.9 Å². The molecular formula is C17H19BrN2O. The quantitative estimate of drug-likeness (QED) is 0.611. The Kier molecular flexibility index (Phi) is 4.15. The lowest BCUT2D eigenvalue weighted by Crippen LogP contribution is -2.11. The van der Waals surface area contributed by atoms with Gasteiger partial charge in [-0.25, -0.2) is 0 Å². The number of nitrogens with zero attached hydrogens (tertiary/aromatic N) is 2. The Hall–Kier alpha value is -1.55. The van der Waals surface area contributed by atoms with Gasteiger partial charge in [-0.05, 0) is 41.8 Å². The van der Waals surface area contributed by atoms with Crippen LogP contribution < -0.4 is 0 Å². The van der Waals surface area contributed by atoms with Crippen molar-refractivity contribution in [2.75, 3.05) is 13.1 Å². The molecule has 1 aliphatic heterocycles. The molecule has 1 saturated heterocycles. The van der Waals surface area contributed by atoms with Gasteiger partial charge in [0.05, 0.1) is 5.52 Å². The van der Waals surface area contributed by atoms with Crippen LogP contribution in [-0.4, -0.2) is 28.3 Å². The van der Waals surface area contributed by atoms with Crippen molar-refractivity contribution >= 4 is 32.6 Å². The first-order chi connectivity index (χ1) is 10.2. The fourth-order valence-electron chi connectivity index (χ4n) is 2.91. The minimum atomic E-state index is 0.0807. The van der Waals surface area contributed by atoms with Gasteiger partial charge in [-0.2, -0.15) is 0 Å². The van der Waals surface area contributed by atoms with Crippen LogP contribution in [0.3, 0.4) is 0 Å². The average Bonchev–Trinajstić information content (AvgIpc) is 3.12. The first kappa shape index (κ1) is 14.4. The summed E-state index contributed by atoms with van der Waals surface area (Å²) in [4.78, 5) is 14.7. The van der Waals surface area contributed by atoms with E-state index in [1.165, 1.54) is 12.8 Å². The zero-order chi connectivity index (χ0) is 14.8. The predicted octanol–water partition coefficient (Wildman–Crippen LogP) is 4.22. The second kappa shape index (κ2) is 6.06. The molecule has 2 aromatic rings. The standard InChI is InChI=1S/C17H19BrN2O/c1-2-20-12-14(13-6-5-7-15(18)17(13)20)16(21)8-11-19-9-3-4-10-19/h5-8,11-12H,2-4,9-10H2,1H3/b11-8+. The Morgan fingerprint density at radius 2 is 2.10 bits per heavy atom. The summed E-state index contributed by atoms with van der Waals surface area (Å²) in [5.41, 5.74) is 1.88. The van der Waals surface area contributed by atoms with Gasteiger partial charge in [0, 0.05) is 53.5 Å². The summed E-state index contributed by atoms with van der Waals surface area (Å²) in [7, 11) is 0. The summed E-state index contributed by atoms with van der Waals surface area (Å²) in [6.45, 7) is 5.06. The van der Waals surface area contributed by atoms with Crippen LogP contribution >= 0.6 is 15.9 Å². The summed E-state index contributed by atoms with van der Waals surface area (Å²) in [6.07, 6.45) is 8.07. The number of aromatic nitrogens is 1. The van der Waals surface area contributed by atoms with E-state index in [1.54, 1.807) is 6.08 Å². The van der Waals surface area contributed by atoms with E-state index < -0.39 is 0 Å². The molecule has 1 aromatic heterocycles. The van der Waals surface area contributed by atoms with E-state index in [4.69, 9.17) is 0 Å². The van der Waals surface area contributed by atoms with Crippen LogP contribution in [0.15, 0.2) is 41.1 Å². The topological polar surface area (TPSA) is 25.2 Å². The van der Waals surface area contributed by atoms with Gasteiger partial charge in [0.15, 0.2) is 5.78 Å². The molecule has 3 rings (SSSR count). The lowest BCUT2D eigenvalue weighted by Gasteiger charge is -2.09. The van der Waals surface area contributed by atoms with Gasteiger partial charge in [0.1, 0.15) is 0 Å². The number of hydrogen-bond donors (Lipinski definition) is 0. The average molecular weight is 347 g/mol. The minimum absolute atomic E-state index is 0.0807. The van der Waals surface area contributed by atoms with Crippen LogP contribution in [-0.2, 0) is 6.54 Å². The molecule has 0 unspecified atom stereocenters. The lowest BCUT2D eigenvalue weighted by molar-refractivity contribution is 0.104. The summed E-state index contributed by atoms with van der Waals surface area (Å²) in [5.74, 6) is 0.0807. The zero-order valence-electron chi connectivity index (χ0n) is 12.2. The van der Waals surface area contributed by atoms with Gasteiger partial charge in [0.25, 0.3) is 0 Å². The molecule has 1 aliphatic rings. The number of carbonyl (C=O) groups is 1. The molecule has 0 N–H and O–H groups in total. The molecule has 0 bridgehead atoms. The molecule has 0 aliphatic carbocycles. The Balaban J connectivity index is 1.96. The second-order valence-electron chi connectivity index (χ2n) is 5.39. The zero-order valence-corrected chi connectivity index (χ0v) is 13.8. The number of likely N-dealkylation sites (tertiary alicyclic amines) is 1. The van der Waals surface area contributed by atoms with Crippen LogP contribution in [0.1, 0.15) is 30.1 Å². The molecule has 21 heavy (non-hydrogen) atoms. The maximum Gasteiger partial charge on any atom is 0.189 e. The SMILES string of the molecule is CCn1cc(C(=O)/C=C/N2CCCC2)c2cccc(Br)c21. The number of allylic oxidation sites excluding steroid dienone is 1. The van der Waals surface area contributed by atoms with Gasteiger partial charge in [-0.1, -0.05) is 12.1 Å². The van der Waals surface area contributed by atoms with Crippen molar-refractivity contribution in [2.24, 2.45) is 0 Å². The summed E-state index contributed by atoms with van der Waals surface area (Å²) >= 11 is 3.59. The number of halogens is 1. The van der Waals surface area contributed by atoms with E-state index in [1.807, 2.05) is 30.6 Å². The highest BCUT2D eigenvalue weighted by Crippen LogP contribution is 2.29. The molecule has 2 heterocycles. The number of hydrogen-bond acceptors (Lipinski definition) is 2. The highest BCUT2D eigenvalue weighted by atomic mass is 79.9. The number of aryl methyl sites for hydroxylation is 1. The van der Waals surface area contributed by atoms with Gasteiger partial charge in [-0.15, -0.1) is 0 Å². The highest BCUT2D eigenvalue weighted by molar-refractivity contribution is 9.10. The molecule has 0 spiro atoms. The van der Waals surface area contributed by atoms with E-state index in [0.717, 1.165) is 40.6 Å². The number of ketones is 1. The molecule has 0 atom stereocenters. The van der Waals surface area contributed by atoms with Gasteiger partial charge in [0.2, 0.25) is 0 Å². The molecule has 1 fully saturated rings. The Labute approximate surface area is 133 Å². The molecule has 1 aromatic carbocycles. The first-order valence-electron chi connectivity index (χ1n) is 7.44. The van der Waals surface area contributed by atoms with Gasteiger partial charge >= 0.3 is 0 Å². The van der Waals surface area contributed by atoms with E-state index >= 15 is 0 Å². The van der Waals surface area contributed by atoms with Crippen molar-refractivity contribution in [1.82, 2.24) is 9.47 Å². The van der Waals surface area contributed by atoms with E-state index in [-0.39, 0.29) is 5.78 Å². The fourth-order valence-corrected chi connectivity index (χ4v) is 3.51. The normalized spacial score (nSPS) is 15.4. The van der Waals surface area contributed by atoms with Crippen molar-refractivity contribution in [1.29, 1.82) is 0 Å². The second-order valence-corrected chi connectivity index (χ2v) is 6.24. The van der Waals surface area contributed by atoms with Crippen molar-refractivity contribution in [3.05, 3.63) is 46.7 Å². The van der Waals surface area contributed by atoms with Crippen molar-refractivity contribution < 1.29 is 4.79 Å². The van der Waals surface area contributed by atoms with Gasteiger partial charge in [-0.3, -0.25) is 4.79 Å². The Morgan fingerprint density at radius 3 is 2.81 bits per heavy atom. The van der Waals surface area contributed by atoms with Crippen molar-refractivity contribution in [3.8, 4) is 0 Å². The third kappa shape index (κ3) is 2.77. The van der Waals surface area contributed by atoms with Crippen LogP contribution in [0, 0.1) is 0 Å². The van der Waals surface area contributed by atoms with Gasteiger partial charge < -0.3 is 9.47 Å². The van der Waals surface area contributed by atoms with E-state index in [2.05, 4.69) is 32.3 Å². The highest BCUT2D eigenvalue weighted by Gasteiger charge is 2.15. The van der Waals surface area contributed by atoms with E-state index in [0.29, 0.717) is 0 Å². The number of benzene rings is 1. The molecule has 110 valence electrons. The third-order valence-corrected chi connectivity index (χ3v) is 4.67. The monoisotopic (exact) mass is 346 g/mol. The number of rotatable bonds is 4. The van der Waals surface area contributed by atoms with Crippen LogP contribution in [0.4, 0.5) is 0 Å². The summed E-state index contributed by atoms with van der Waals surface area (Å²) in [6, 6.07) is 6.01. The third-order valence-electron chi connectivity index (χ3n) is 4.03. The molecule has 0 radical (unpaired) electrons. The van der Waals surface area contributed by atoms with Crippen molar-refractivity contribution in [3.63, 3.8) is 0 Å². The van der Waals surface area contributed by atoms with E-state index in [9.17, 15) is 4.79 Å². The van der Waals surface area contributed by atoms with Crippen LogP contribution in [0.2, 0.25) is 0 Å². The molecule has 0 amide bonds. The number of fused-ring (bicyclic) bond motifs is 1. The minimum Gasteiger partial charge on any atom is -0.377 e. The lowest BCUT2D eigenvalue weighted by atomic mass is 10.1. The first-order valence-corrected chi connectivity index (χ1v) is 8.24. The molecular weight excluding hydrogens is 328 g/mol. The maximum absolute atomic E-state index is 12.5. The Bertz CT molecular complexity index is 696. The smallest absolute Gasteiger partial charge is 0.189 e. The maximum atomic E-state index is 12.5. The largest absolute Gasteiger partial charge is 0.377 e. The fraction of sp³-hybridized carbons (Fsp3) is 0.353.